The molecule has 27 heavy (non-hydrogen) atoms. The molecular formula is C21H22N4O2. The van der Waals surface area contributed by atoms with Crippen LogP contribution >= 0.6 is 0 Å². The van der Waals surface area contributed by atoms with Gasteiger partial charge in [-0.15, -0.1) is 5.10 Å². The molecule has 1 aliphatic heterocycles. The number of anilines is 1. The first-order valence-corrected chi connectivity index (χ1v) is 9.12. The van der Waals surface area contributed by atoms with Crippen molar-refractivity contribution in [1.29, 1.82) is 0 Å². The summed E-state index contributed by atoms with van der Waals surface area (Å²) in [5.41, 5.74) is 9.06. The predicted octanol–water partition coefficient (Wildman–Crippen LogP) is 2.93. The SMILES string of the molecule is Cc1ccc(C(N)=O)cc1-c1ccc2c(N3CCCOCC3)nncc2c1. The van der Waals surface area contributed by atoms with E-state index in [-0.39, 0.29) is 0 Å². The van der Waals surface area contributed by atoms with Crippen LogP contribution in [0.5, 0.6) is 0 Å². The number of nitrogens with two attached hydrogens (primary N) is 1. The Morgan fingerprint density at radius 2 is 2.04 bits per heavy atom. The highest BCUT2D eigenvalue weighted by Crippen LogP contribution is 2.31. The normalized spacial score (nSPS) is 14.9. The minimum absolute atomic E-state index is 0.423. The number of ether oxygens (including phenoxy) is 1. The smallest absolute Gasteiger partial charge is 0.248 e. The largest absolute Gasteiger partial charge is 0.380 e. The van der Waals surface area contributed by atoms with E-state index in [0.717, 1.165) is 59.4 Å². The van der Waals surface area contributed by atoms with E-state index >= 15 is 0 Å². The topological polar surface area (TPSA) is 81.3 Å². The van der Waals surface area contributed by atoms with E-state index in [0.29, 0.717) is 12.2 Å². The van der Waals surface area contributed by atoms with Gasteiger partial charge in [0.05, 0.1) is 12.8 Å². The van der Waals surface area contributed by atoms with Crippen LogP contribution in [0.2, 0.25) is 0 Å². The number of aromatic nitrogens is 2. The second-order valence-corrected chi connectivity index (χ2v) is 6.82. The van der Waals surface area contributed by atoms with E-state index in [4.69, 9.17) is 10.5 Å². The molecule has 4 rings (SSSR count). The third-order valence-electron chi connectivity index (χ3n) is 5.00. The van der Waals surface area contributed by atoms with Gasteiger partial charge >= 0.3 is 0 Å². The number of aryl methyl sites for hydroxylation is 1. The molecule has 0 unspecified atom stereocenters. The Labute approximate surface area is 158 Å². The third-order valence-corrected chi connectivity index (χ3v) is 5.00. The van der Waals surface area contributed by atoms with Crippen LogP contribution in [-0.2, 0) is 4.74 Å². The molecule has 1 amide bonds. The molecule has 0 radical (unpaired) electrons. The maximum atomic E-state index is 11.5. The van der Waals surface area contributed by atoms with Gasteiger partial charge in [-0.2, -0.15) is 5.10 Å². The van der Waals surface area contributed by atoms with E-state index in [2.05, 4.69) is 33.3 Å². The Hall–Kier alpha value is -2.99. The van der Waals surface area contributed by atoms with Crippen LogP contribution in [0.4, 0.5) is 5.82 Å². The second-order valence-electron chi connectivity index (χ2n) is 6.82. The molecule has 2 heterocycles. The quantitative estimate of drug-likeness (QED) is 0.775. The lowest BCUT2D eigenvalue weighted by atomic mass is 9.96. The monoisotopic (exact) mass is 362 g/mol. The number of carbonyl (C=O) groups is 1. The third kappa shape index (κ3) is 3.48. The van der Waals surface area contributed by atoms with Crippen molar-refractivity contribution < 1.29 is 9.53 Å². The number of benzene rings is 2. The van der Waals surface area contributed by atoms with Gasteiger partial charge in [0.15, 0.2) is 5.82 Å². The van der Waals surface area contributed by atoms with Gasteiger partial charge in [0, 0.05) is 36.0 Å². The van der Waals surface area contributed by atoms with Crippen molar-refractivity contribution in [2.24, 2.45) is 5.73 Å². The highest BCUT2D eigenvalue weighted by atomic mass is 16.5. The summed E-state index contributed by atoms with van der Waals surface area (Å²) in [4.78, 5) is 13.8. The van der Waals surface area contributed by atoms with Crippen LogP contribution < -0.4 is 10.6 Å². The van der Waals surface area contributed by atoms with Gasteiger partial charge in [-0.3, -0.25) is 4.79 Å². The number of hydrogen-bond acceptors (Lipinski definition) is 5. The summed E-state index contributed by atoms with van der Waals surface area (Å²) in [7, 11) is 0. The summed E-state index contributed by atoms with van der Waals surface area (Å²) >= 11 is 0. The van der Waals surface area contributed by atoms with Crippen LogP contribution in [0.25, 0.3) is 21.9 Å². The zero-order chi connectivity index (χ0) is 18.8. The summed E-state index contributed by atoms with van der Waals surface area (Å²) < 4.78 is 5.55. The molecule has 0 bridgehead atoms. The molecule has 0 aliphatic carbocycles. The van der Waals surface area contributed by atoms with Crippen LogP contribution in [0.15, 0.2) is 42.6 Å². The number of rotatable bonds is 3. The number of amides is 1. The molecule has 3 aromatic rings. The minimum Gasteiger partial charge on any atom is -0.380 e. The molecule has 6 heteroatoms. The van der Waals surface area contributed by atoms with Gasteiger partial charge in [0.1, 0.15) is 0 Å². The number of fused-ring (bicyclic) bond motifs is 1. The van der Waals surface area contributed by atoms with E-state index in [9.17, 15) is 4.79 Å². The van der Waals surface area contributed by atoms with Crippen molar-refractivity contribution in [2.45, 2.75) is 13.3 Å². The van der Waals surface area contributed by atoms with Gasteiger partial charge in [-0.1, -0.05) is 12.1 Å². The average Bonchev–Trinajstić information content (AvgIpc) is 2.96. The molecule has 0 saturated carbocycles. The fraction of sp³-hybridized carbons (Fsp3) is 0.286. The number of nitrogens with zero attached hydrogens (tertiary/aromatic N) is 3. The van der Waals surface area contributed by atoms with Crippen LogP contribution in [-0.4, -0.2) is 42.4 Å². The molecular weight excluding hydrogens is 340 g/mol. The Morgan fingerprint density at radius 3 is 2.89 bits per heavy atom. The summed E-state index contributed by atoms with van der Waals surface area (Å²) in [6.07, 6.45) is 2.76. The van der Waals surface area contributed by atoms with Gasteiger partial charge in [0.25, 0.3) is 0 Å². The van der Waals surface area contributed by atoms with Gasteiger partial charge in [0.2, 0.25) is 5.91 Å². The first-order valence-electron chi connectivity index (χ1n) is 9.12. The lowest BCUT2D eigenvalue weighted by molar-refractivity contribution is 0.100. The summed E-state index contributed by atoms with van der Waals surface area (Å²) in [5, 5.41) is 10.7. The van der Waals surface area contributed by atoms with E-state index < -0.39 is 5.91 Å². The molecule has 2 N–H and O–H groups in total. The van der Waals surface area contributed by atoms with Gasteiger partial charge < -0.3 is 15.4 Å². The van der Waals surface area contributed by atoms with Crippen LogP contribution in [0, 0.1) is 6.92 Å². The van der Waals surface area contributed by atoms with Gasteiger partial charge in [-0.05, 0) is 54.3 Å². The molecule has 0 atom stereocenters. The molecule has 0 spiro atoms. The Morgan fingerprint density at radius 1 is 1.15 bits per heavy atom. The van der Waals surface area contributed by atoms with Crippen molar-refractivity contribution in [1.82, 2.24) is 10.2 Å². The van der Waals surface area contributed by atoms with Crippen molar-refractivity contribution in [3.63, 3.8) is 0 Å². The molecule has 6 nitrogen and oxygen atoms in total. The summed E-state index contributed by atoms with van der Waals surface area (Å²) in [6, 6.07) is 11.8. The zero-order valence-electron chi connectivity index (χ0n) is 15.3. The average molecular weight is 362 g/mol. The molecule has 1 fully saturated rings. The Kier molecular flexibility index (Phi) is 4.73. The lowest BCUT2D eigenvalue weighted by Crippen LogP contribution is -2.27. The van der Waals surface area contributed by atoms with Crippen molar-refractivity contribution >= 4 is 22.5 Å². The van der Waals surface area contributed by atoms with Crippen molar-refractivity contribution in [3.8, 4) is 11.1 Å². The molecule has 1 saturated heterocycles. The van der Waals surface area contributed by atoms with E-state index in [1.807, 2.05) is 19.1 Å². The minimum atomic E-state index is -0.423. The fourth-order valence-electron chi connectivity index (χ4n) is 3.52. The second kappa shape index (κ2) is 7.32. The first-order chi connectivity index (χ1) is 13.1. The lowest BCUT2D eigenvalue weighted by Gasteiger charge is -2.21. The fourth-order valence-corrected chi connectivity index (χ4v) is 3.52. The highest BCUT2D eigenvalue weighted by molar-refractivity contribution is 5.97. The standard InChI is InChI=1S/C21H22N4O2/c1-14-3-4-16(20(22)26)12-19(14)15-5-6-18-17(11-15)13-23-24-21(18)25-7-2-9-27-10-8-25/h3-6,11-13H,2,7-10H2,1H3,(H2,22,26). The highest BCUT2D eigenvalue weighted by Gasteiger charge is 2.16. The summed E-state index contributed by atoms with van der Waals surface area (Å²) in [5.74, 6) is 0.473. The maximum Gasteiger partial charge on any atom is 0.248 e. The number of hydrogen-bond donors (Lipinski definition) is 1. The van der Waals surface area contributed by atoms with Crippen molar-refractivity contribution in [2.75, 3.05) is 31.2 Å². The molecule has 1 aromatic heterocycles. The molecule has 1 aliphatic rings. The Bertz CT molecular complexity index is 995. The molecule has 138 valence electrons. The van der Waals surface area contributed by atoms with Gasteiger partial charge in [-0.25, -0.2) is 0 Å². The summed E-state index contributed by atoms with van der Waals surface area (Å²) in [6.45, 7) is 5.24. The van der Waals surface area contributed by atoms with Crippen LogP contribution in [0.3, 0.4) is 0 Å². The number of primary amides is 1. The first kappa shape index (κ1) is 17.4. The van der Waals surface area contributed by atoms with Crippen molar-refractivity contribution in [3.05, 3.63) is 53.7 Å². The maximum absolute atomic E-state index is 11.5. The number of carbonyl (C=O) groups excluding carboxylic acids is 1. The molecule has 2 aromatic carbocycles. The van der Waals surface area contributed by atoms with E-state index in [1.165, 1.54) is 0 Å². The van der Waals surface area contributed by atoms with Crippen LogP contribution in [0.1, 0.15) is 22.3 Å². The Balaban J connectivity index is 1.78. The zero-order valence-corrected chi connectivity index (χ0v) is 15.3. The van der Waals surface area contributed by atoms with E-state index in [1.54, 1.807) is 12.3 Å². The predicted molar refractivity (Wildman–Crippen MR) is 106 cm³/mol.